The molecule has 0 saturated carbocycles. The van der Waals surface area contributed by atoms with Gasteiger partial charge in [-0.25, -0.2) is 0 Å². The number of benzene rings is 3. The van der Waals surface area contributed by atoms with Crippen molar-refractivity contribution in [3.63, 3.8) is 0 Å². The van der Waals surface area contributed by atoms with Gasteiger partial charge in [0.15, 0.2) is 0 Å². The van der Waals surface area contributed by atoms with E-state index in [2.05, 4.69) is 34.6 Å². The van der Waals surface area contributed by atoms with E-state index in [1.807, 2.05) is 68.4 Å². The van der Waals surface area contributed by atoms with Crippen molar-refractivity contribution >= 4 is 34.1 Å². The number of fused-ring (bicyclic) bond motifs is 1. The van der Waals surface area contributed by atoms with Crippen molar-refractivity contribution in [2.45, 2.75) is 25.8 Å². The van der Waals surface area contributed by atoms with Gasteiger partial charge in [0.25, 0.3) is 5.91 Å². The summed E-state index contributed by atoms with van der Waals surface area (Å²) in [7, 11) is 0. The van der Waals surface area contributed by atoms with Crippen molar-refractivity contribution in [1.29, 1.82) is 0 Å². The molecule has 0 unspecified atom stereocenters. The zero-order chi connectivity index (χ0) is 21.1. The first-order valence-electron chi connectivity index (χ1n) is 9.94. The molecule has 0 saturated heterocycles. The Balaban J connectivity index is 1.72. The van der Waals surface area contributed by atoms with Crippen LogP contribution in [0.1, 0.15) is 28.4 Å². The average Bonchev–Trinajstić information content (AvgIpc) is 2.76. The monoisotopic (exact) mass is 413 g/mol. The highest BCUT2D eigenvalue weighted by Gasteiger charge is 2.13. The van der Waals surface area contributed by atoms with Crippen LogP contribution in [-0.2, 0) is 0 Å². The lowest BCUT2D eigenvalue weighted by molar-refractivity contribution is 0.102. The number of carbonyl (C=O) groups excluding carboxylic acids is 1. The summed E-state index contributed by atoms with van der Waals surface area (Å²) in [6.07, 6.45) is 0. The number of hydrogen-bond acceptors (Lipinski definition) is 4. The number of hydrogen-bond donors (Lipinski definition) is 1. The molecule has 0 aliphatic carbocycles. The van der Waals surface area contributed by atoms with Crippen molar-refractivity contribution in [3.8, 4) is 11.3 Å². The van der Waals surface area contributed by atoms with Gasteiger partial charge >= 0.3 is 0 Å². The molecule has 1 amide bonds. The number of rotatable bonds is 5. The van der Waals surface area contributed by atoms with E-state index in [-0.39, 0.29) is 5.91 Å². The fourth-order valence-corrected chi connectivity index (χ4v) is 4.04. The number of nitrogens with zero attached hydrogens (tertiary/aromatic N) is 2. The van der Waals surface area contributed by atoms with E-state index in [0.717, 1.165) is 49.6 Å². The Kier molecular flexibility index (Phi) is 5.81. The van der Waals surface area contributed by atoms with Crippen LogP contribution < -0.4 is 5.32 Å². The summed E-state index contributed by atoms with van der Waals surface area (Å²) >= 11 is 1.69. The molecule has 4 rings (SSSR count). The van der Waals surface area contributed by atoms with Crippen LogP contribution >= 0.6 is 11.8 Å². The predicted octanol–water partition coefficient (Wildman–Crippen LogP) is 6.28. The van der Waals surface area contributed by atoms with E-state index in [1.54, 1.807) is 11.8 Å². The van der Waals surface area contributed by atoms with Crippen molar-refractivity contribution in [1.82, 2.24) is 10.2 Å². The molecule has 5 heteroatoms. The summed E-state index contributed by atoms with van der Waals surface area (Å²) in [6, 6.07) is 21.8. The van der Waals surface area contributed by atoms with Crippen LogP contribution in [0.25, 0.3) is 22.0 Å². The maximum Gasteiger partial charge on any atom is 0.255 e. The topological polar surface area (TPSA) is 54.9 Å². The lowest BCUT2D eigenvalue weighted by Gasteiger charge is -2.13. The highest BCUT2D eigenvalue weighted by atomic mass is 32.2. The first kappa shape index (κ1) is 20.1. The molecule has 0 spiro atoms. The Morgan fingerprint density at radius 1 is 0.933 bits per heavy atom. The van der Waals surface area contributed by atoms with Crippen LogP contribution in [0.5, 0.6) is 0 Å². The number of aromatic nitrogens is 2. The van der Waals surface area contributed by atoms with Gasteiger partial charge in [-0.15, -0.1) is 22.0 Å². The highest BCUT2D eigenvalue weighted by molar-refractivity contribution is 7.99. The standard InChI is InChI=1S/C25H23N3OS/c1-4-30-25-21-8-6-5-7-20(21)23(27-28-25)19-14-11-17(3)22(15-19)26-24(29)18-12-9-16(2)10-13-18/h5-15H,4H2,1-3H3,(H,26,29). The smallest absolute Gasteiger partial charge is 0.255 e. The lowest BCUT2D eigenvalue weighted by Crippen LogP contribution is -2.12. The minimum atomic E-state index is -0.124. The van der Waals surface area contributed by atoms with E-state index in [1.165, 1.54) is 0 Å². The van der Waals surface area contributed by atoms with E-state index >= 15 is 0 Å². The Labute approximate surface area is 180 Å². The maximum atomic E-state index is 12.7. The number of anilines is 1. The summed E-state index contributed by atoms with van der Waals surface area (Å²) < 4.78 is 0. The molecule has 0 aliphatic heterocycles. The zero-order valence-electron chi connectivity index (χ0n) is 17.3. The summed E-state index contributed by atoms with van der Waals surface area (Å²) in [5.74, 6) is 0.818. The Hall–Kier alpha value is -3.18. The van der Waals surface area contributed by atoms with Crippen LogP contribution in [0.15, 0.2) is 71.8 Å². The average molecular weight is 414 g/mol. The SMILES string of the molecule is CCSc1nnc(-c2ccc(C)c(NC(=O)c3ccc(C)cc3)c2)c2ccccc12. The van der Waals surface area contributed by atoms with Gasteiger partial charge in [0.05, 0.1) is 0 Å². The van der Waals surface area contributed by atoms with Gasteiger partial charge in [0.1, 0.15) is 10.7 Å². The normalized spacial score (nSPS) is 10.9. The minimum absolute atomic E-state index is 0.124. The third-order valence-corrected chi connectivity index (χ3v) is 5.87. The van der Waals surface area contributed by atoms with Crippen LogP contribution in [-0.4, -0.2) is 21.9 Å². The molecule has 0 aliphatic rings. The van der Waals surface area contributed by atoms with Gasteiger partial charge in [-0.3, -0.25) is 4.79 Å². The third kappa shape index (κ3) is 4.07. The first-order valence-corrected chi connectivity index (χ1v) is 10.9. The molecule has 0 atom stereocenters. The van der Waals surface area contributed by atoms with Crippen LogP contribution in [0.3, 0.4) is 0 Å². The Bertz CT molecular complexity index is 1220. The van der Waals surface area contributed by atoms with Crippen molar-refractivity contribution < 1.29 is 4.79 Å². The summed E-state index contributed by atoms with van der Waals surface area (Å²) in [4.78, 5) is 12.7. The second-order valence-corrected chi connectivity index (χ2v) is 8.43. The molecule has 4 aromatic rings. The molecule has 4 nitrogen and oxygen atoms in total. The second-order valence-electron chi connectivity index (χ2n) is 7.18. The Morgan fingerprint density at radius 3 is 2.40 bits per heavy atom. The molecule has 0 bridgehead atoms. The summed E-state index contributed by atoms with van der Waals surface area (Å²) in [5, 5.41) is 15.1. The van der Waals surface area contributed by atoms with Gasteiger partial charge in [-0.05, 0) is 43.4 Å². The molecular formula is C25H23N3OS. The molecule has 1 aromatic heterocycles. The van der Waals surface area contributed by atoms with E-state index < -0.39 is 0 Å². The van der Waals surface area contributed by atoms with Crippen molar-refractivity contribution in [2.75, 3.05) is 11.1 Å². The van der Waals surface area contributed by atoms with Crippen LogP contribution in [0.2, 0.25) is 0 Å². The van der Waals surface area contributed by atoms with E-state index in [0.29, 0.717) is 5.56 Å². The molecular weight excluding hydrogens is 390 g/mol. The number of carbonyl (C=O) groups is 1. The third-order valence-electron chi connectivity index (χ3n) is 5.01. The predicted molar refractivity (Wildman–Crippen MR) is 125 cm³/mol. The molecule has 1 N–H and O–H groups in total. The quantitative estimate of drug-likeness (QED) is 0.391. The molecule has 0 fully saturated rings. The molecule has 1 heterocycles. The van der Waals surface area contributed by atoms with E-state index in [9.17, 15) is 4.79 Å². The minimum Gasteiger partial charge on any atom is -0.322 e. The fraction of sp³-hybridized carbons (Fsp3) is 0.160. The van der Waals surface area contributed by atoms with Gasteiger partial charge in [0.2, 0.25) is 0 Å². The van der Waals surface area contributed by atoms with Gasteiger partial charge in [-0.2, -0.15) is 0 Å². The van der Waals surface area contributed by atoms with Crippen molar-refractivity contribution in [2.24, 2.45) is 0 Å². The number of nitrogens with one attached hydrogen (secondary N) is 1. The maximum absolute atomic E-state index is 12.7. The van der Waals surface area contributed by atoms with Gasteiger partial charge in [-0.1, -0.05) is 61.0 Å². The fourth-order valence-electron chi connectivity index (χ4n) is 3.34. The Morgan fingerprint density at radius 2 is 1.67 bits per heavy atom. The molecule has 3 aromatic carbocycles. The largest absolute Gasteiger partial charge is 0.322 e. The molecule has 150 valence electrons. The second kappa shape index (κ2) is 8.67. The van der Waals surface area contributed by atoms with Gasteiger partial charge in [0, 0.05) is 27.6 Å². The van der Waals surface area contributed by atoms with Crippen LogP contribution in [0.4, 0.5) is 5.69 Å². The highest BCUT2D eigenvalue weighted by Crippen LogP contribution is 2.33. The number of thioether (sulfide) groups is 1. The zero-order valence-corrected chi connectivity index (χ0v) is 18.1. The van der Waals surface area contributed by atoms with Crippen molar-refractivity contribution in [3.05, 3.63) is 83.4 Å². The lowest BCUT2D eigenvalue weighted by atomic mass is 10.0. The summed E-state index contributed by atoms with van der Waals surface area (Å²) in [5.41, 5.74) is 5.27. The first-order chi connectivity index (χ1) is 14.6. The summed E-state index contributed by atoms with van der Waals surface area (Å²) in [6.45, 7) is 6.10. The number of aryl methyl sites for hydroxylation is 2. The molecule has 30 heavy (non-hydrogen) atoms. The van der Waals surface area contributed by atoms with E-state index in [4.69, 9.17) is 0 Å². The number of amides is 1. The van der Waals surface area contributed by atoms with Crippen LogP contribution in [0, 0.1) is 13.8 Å². The molecule has 0 radical (unpaired) electrons. The van der Waals surface area contributed by atoms with Gasteiger partial charge < -0.3 is 5.32 Å².